The van der Waals surface area contributed by atoms with Crippen molar-refractivity contribution in [2.24, 2.45) is 0 Å². The molecule has 0 fully saturated rings. The second kappa shape index (κ2) is 3.05. The van der Waals surface area contributed by atoms with Crippen LogP contribution in [0.2, 0.25) is 0 Å². The van der Waals surface area contributed by atoms with Crippen molar-refractivity contribution >= 4 is 5.71 Å². The van der Waals surface area contributed by atoms with Crippen LogP contribution in [-0.2, 0) is 0 Å². The van der Waals surface area contributed by atoms with Crippen LogP contribution >= 0.6 is 0 Å². The van der Waals surface area contributed by atoms with Gasteiger partial charge < -0.3 is 5.21 Å². The van der Waals surface area contributed by atoms with Gasteiger partial charge in [0.05, 0.1) is 0 Å². The van der Waals surface area contributed by atoms with E-state index >= 15 is 0 Å². The molecule has 3 heteroatoms. The molecule has 0 spiro atoms. The molecule has 3 nitrogen and oxygen atoms in total. The Morgan fingerprint density at radius 1 is 1.36 bits per heavy atom. The summed E-state index contributed by atoms with van der Waals surface area (Å²) < 4.78 is 0. The third-order valence-corrected chi connectivity index (χ3v) is 1.48. The van der Waals surface area contributed by atoms with Gasteiger partial charge in [-0.2, -0.15) is 0 Å². The van der Waals surface area contributed by atoms with E-state index in [2.05, 4.69) is 0 Å². The first-order valence-electron chi connectivity index (χ1n) is 3.27. The zero-order valence-electron chi connectivity index (χ0n) is 6.19. The standard InChI is InChI=1S/C8H9NO2/c1-7(9(10)11)8-5-3-2-4-6-8/h2-6H,1H3,(H,10,11). The minimum absolute atomic E-state index is 0.130. The summed E-state index contributed by atoms with van der Waals surface area (Å²) in [5, 5.41) is 18.9. The fourth-order valence-corrected chi connectivity index (χ4v) is 0.790. The van der Waals surface area contributed by atoms with Gasteiger partial charge in [0.2, 0.25) is 5.71 Å². The Morgan fingerprint density at radius 2 is 1.91 bits per heavy atom. The molecule has 58 valence electrons. The van der Waals surface area contributed by atoms with E-state index in [1.807, 2.05) is 18.2 Å². The molecule has 0 atom stereocenters. The van der Waals surface area contributed by atoms with Gasteiger partial charge in [-0.1, -0.05) is 18.2 Å². The Balaban J connectivity index is 3.04. The highest BCUT2D eigenvalue weighted by atomic mass is 16.8. The molecule has 1 rings (SSSR count). The Hall–Kier alpha value is -1.51. The van der Waals surface area contributed by atoms with E-state index in [1.165, 1.54) is 0 Å². The Kier molecular flexibility index (Phi) is 2.11. The van der Waals surface area contributed by atoms with Crippen LogP contribution in [0, 0.1) is 5.21 Å². The van der Waals surface area contributed by atoms with Gasteiger partial charge in [-0.25, -0.2) is 0 Å². The maximum Gasteiger partial charge on any atom is 0.248 e. The van der Waals surface area contributed by atoms with Gasteiger partial charge in [0, 0.05) is 17.4 Å². The van der Waals surface area contributed by atoms with Crippen LogP contribution in [0.25, 0.3) is 0 Å². The molecule has 0 amide bonds. The second-order valence-electron chi connectivity index (χ2n) is 2.22. The van der Waals surface area contributed by atoms with Crippen LogP contribution in [0.15, 0.2) is 30.3 Å². The summed E-state index contributed by atoms with van der Waals surface area (Å²) in [6.45, 7) is 1.56. The van der Waals surface area contributed by atoms with Gasteiger partial charge in [0.1, 0.15) is 0 Å². The van der Waals surface area contributed by atoms with Crippen molar-refractivity contribution in [2.75, 3.05) is 0 Å². The molecule has 0 aliphatic rings. The molecular formula is C8H9NO2. The molecule has 0 radical (unpaired) electrons. The highest BCUT2D eigenvalue weighted by Crippen LogP contribution is 1.99. The van der Waals surface area contributed by atoms with E-state index in [9.17, 15) is 5.21 Å². The van der Waals surface area contributed by atoms with Crippen molar-refractivity contribution in [1.82, 2.24) is 0 Å². The largest absolute Gasteiger partial charge is 0.417 e. The predicted octanol–water partition coefficient (Wildman–Crippen LogP) is 1.40. The fraction of sp³-hybridized carbons (Fsp3) is 0.125. The molecule has 0 bridgehead atoms. The minimum atomic E-state index is -0.130. The van der Waals surface area contributed by atoms with Crippen LogP contribution in [0.5, 0.6) is 0 Å². The summed E-state index contributed by atoms with van der Waals surface area (Å²) in [5.41, 5.74) is 1.02. The van der Waals surface area contributed by atoms with Crippen molar-refractivity contribution in [3.8, 4) is 0 Å². The average molecular weight is 151 g/mol. The maximum atomic E-state index is 10.4. The number of hydrogen-bond donors (Lipinski definition) is 1. The molecule has 11 heavy (non-hydrogen) atoms. The first kappa shape index (κ1) is 7.60. The van der Waals surface area contributed by atoms with Crippen LogP contribution < -0.4 is 0 Å². The summed E-state index contributed by atoms with van der Waals surface area (Å²) >= 11 is 0. The first-order valence-corrected chi connectivity index (χ1v) is 3.27. The number of nitrogens with zero attached hydrogens (tertiary/aromatic N) is 1. The van der Waals surface area contributed by atoms with Crippen molar-refractivity contribution in [3.63, 3.8) is 0 Å². The molecule has 0 saturated carbocycles. The molecule has 0 aliphatic carbocycles. The number of hydrogen-bond acceptors (Lipinski definition) is 2. The summed E-state index contributed by atoms with van der Waals surface area (Å²) in [6.07, 6.45) is 0. The Labute approximate surface area is 64.8 Å². The SMILES string of the molecule is C/C(c1ccccc1)=[N+](/[O-])O. The third kappa shape index (κ3) is 1.70. The second-order valence-corrected chi connectivity index (χ2v) is 2.22. The zero-order valence-corrected chi connectivity index (χ0v) is 6.19. The normalized spacial score (nSPS) is 12.5. The van der Waals surface area contributed by atoms with Gasteiger partial charge in [-0.05, 0) is 12.1 Å². The zero-order chi connectivity index (χ0) is 8.27. The third-order valence-electron chi connectivity index (χ3n) is 1.48. The van der Waals surface area contributed by atoms with E-state index in [1.54, 1.807) is 19.1 Å². The van der Waals surface area contributed by atoms with Crippen molar-refractivity contribution in [3.05, 3.63) is 41.1 Å². The van der Waals surface area contributed by atoms with E-state index in [0.29, 0.717) is 5.71 Å². The van der Waals surface area contributed by atoms with E-state index in [4.69, 9.17) is 5.21 Å². The maximum absolute atomic E-state index is 10.4. The van der Waals surface area contributed by atoms with Gasteiger partial charge in [0.25, 0.3) is 0 Å². The monoisotopic (exact) mass is 151 g/mol. The van der Waals surface area contributed by atoms with E-state index in [0.717, 1.165) is 5.56 Å². The summed E-state index contributed by atoms with van der Waals surface area (Å²) in [5.74, 6) is 0. The minimum Gasteiger partial charge on any atom is -0.417 e. The van der Waals surface area contributed by atoms with Crippen molar-refractivity contribution in [2.45, 2.75) is 6.92 Å². The molecule has 1 aromatic carbocycles. The topological polar surface area (TPSA) is 46.3 Å². The predicted molar refractivity (Wildman–Crippen MR) is 41.6 cm³/mol. The summed E-state index contributed by atoms with van der Waals surface area (Å²) in [6, 6.07) is 8.99. The summed E-state index contributed by atoms with van der Waals surface area (Å²) in [7, 11) is 0. The number of rotatable bonds is 1. The van der Waals surface area contributed by atoms with Gasteiger partial charge in [-0.15, -0.1) is 0 Å². The fourth-order valence-electron chi connectivity index (χ4n) is 0.790. The van der Waals surface area contributed by atoms with Crippen LogP contribution in [0.4, 0.5) is 0 Å². The molecule has 0 unspecified atom stereocenters. The highest BCUT2D eigenvalue weighted by molar-refractivity contribution is 5.94. The van der Waals surface area contributed by atoms with Crippen LogP contribution in [0.3, 0.4) is 0 Å². The van der Waals surface area contributed by atoms with Crippen molar-refractivity contribution < 1.29 is 10.1 Å². The van der Waals surface area contributed by atoms with Crippen molar-refractivity contribution in [1.29, 1.82) is 0 Å². The highest BCUT2D eigenvalue weighted by Gasteiger charge is 2.04. The molecule has 1 N–H and O–H groups in total. The quantitative estimate of drug-likeness (QED) is 0.285. The lowest BCUT2D eigenvalue weighted by molar-refractivity contribution is -0.726. The Morgan fingerprint density at radius 3 is 2.36 bits per heavy atom. The van der Waals surface area contributed by atoms with Gasteiger partial charge in [0.15, 0.2) is 0 Å². The smallest absolute Gasteiger partial charge is 0.248 e. The lowest BCUT2D eigenvalue weighted by Gasteiger charge is -1.94. The molecular weight excluding hydrogens is 142 g/mol. The molecule has 0 aromatic heterocycles. The van der Waals surface area contributed by atoms with E-state index < -0.39 is 0 Å². The lowest BCUT2D eigenvalue weighted by atomic mass is 10.1. The molecule has 0 heterocycles. The van der Waals surface area contributed by atoms with Crippen LogP contribution in [0.1, 0.15) is 12.5 Å². The average Bonchev–Trinajstić information content (AvgIpc) is 2.05. The van der Waals surface area contributed by atoms with Gasteiger partial charge >= 0.3 is 0 Å². The van der Waals surface area contributed by atoms with Gasteiger partial charge in [-0.3, -0.25) is 5.21 Å². The Bertz CT molecular complexity index is 263. The van der Waals surface area contributed by atoms with E-state index in [-0.39, 0.29) is 4.90 Å². The lowest BCUT2D eigenvalue weighted by Crippen LogP contribution is -2.09. The number of benzene rings is 1. The molecule has 0 saturated heterocycles. The molecule has 0 aliphatic heterocycles. The summed E-state index contributed by atoms with van der Waals surface area (Å²) in [4.78, 5) is -0.130. The first-order chi connectivity index (χ1) is 5.22. The molecule has 1 aromatic rings. The van der Waals surface area contributed by atoms with Crippen LogP contribution in [-0.4, -0.2) is 15.8 Å².